The van der Waals surface area contributed by atoms with E-state index in [1.165, 1.54) is 14.2 Å². The van der Waals surface area contributed by atoms with Crippen LogP contribution in [0.1, 0.15) is 91.1 Å². The lowest BCUT2D eigenvalue weighted by Gasteiger charge is -2.33. The molecule has 2 saturated heterocycles. The van der Waals surface area contributed by atoms with Gasteiger partial charge in [0.05, 0.1) is 38.2 Å². The Morgan fingerprint density at radius 1 is 0.696 bits per heavy atom. The van der Waals surface area contributed by atoms with Gasteiger partial charge in [0.2, 0.25) is 11.8 Å². The molecule has 6 atom stereocenters. The summed E-state index contributed by atoms with van der Waals surface area (Å²) in [4.78, 5) is 68.3. The molecule has 6 rings (SSSR count). The van der Waals surface area contributed by atoms with Crippen molar-refractivity contribution < 1.29 is 28.7 Å². The standard InChI is InChI=1S/C43H55N7O6/c1-24(2)37(47-42(53)55-7)40(51)49-26(5)9-19-35(49)33-21-32(22-44-33)30-13-11-28(12-14-30)29-15-17-31(18-16-29)34-23-45-39(46-34)36-20-10-27(6)50(36)41(52)38(25(3)4)48-43(54)56-8/h11-18,22-27,35-38H,9-10,19-21H2,1-8H3,(H,45,46)(H,47,53)(H,48,54)/t26-,27-,35+,36+,37+,38+/m1/s1. The molecule has 2 aromatic carbocycles. The van der Waals surface area contributed by atoms with Gasteiger partial charge in [0, 0.05) is 30.4 Å². The number of aromatic nitrogens is 2. The van der Waals surface area contributed by atoms with Crippen LogP contribution in [0.15, 0.2) is 65.9 Å². The van der Waals surface area contributed by atoms with Crippen LogP contribution in [0, 0.1) is 11.8 Å². The number of aliphatic imine (C=N–C) groups is 1. The monoisotopic (exact) mass is 765 g/mol. The van der Waals surface area contributed by atoms with Crippen molar-refractivity contribution >= 4 is 35.3 Å². The fraction of sp³-hybridized carbons (Fsp3) is 0.488. The first-order valence-electron chi connectivity index (χ1n) is 19.7. The summed E-state index contributed by atoms with van der Waals surface area (Å²) >= 11 is 0. The maximum absolute atomic E-state index is 13.8. The van der Waals surface area contributed by atoms with E-state index in [1.54, 1.807) is 0 Å². The van der Waals surface area contributed by atoms with Crippen molar-refractivity contribution in [1.82, 2.24) is 30.4 Å². The van der Waals surface area contributed by atoms with Crippen molar-refractivity contribution in [1.29, 1.82) is 0 Å². The zero-order valence-corrected chi connectivity index (χ0v) is 33.7. The number of rotatable bonds is 11. The van der Waals surface area contributed by atoms with Crippen LogP contribution in [0.5, 0.6) is 0 Å². The summed E-state index contributed by atoms with van der Waals surface area (Å²) in [6.07, 6.45) is 6.47. The molecule has 0 unspecified atom stereocenters. The number of allylic oxidation sites excluding steroid dienone is 1. The van der Waals surface area contributed by atoms with Crippen LogP contribution in [-0.2, 0) is 19.1 Å². The SMILES string of the molecule is COC(=O)N[C@H](C(=O)N1[C@H](C)CC[C@H]1C1=NC=C(c2ccc(-c3ccc(-c4cnc([C@@H]5CC[C@@H](C)N5C(=O)[C@@H](NC(=O)OC)C(C)C)[nH]4)cc3)cc2)C1)C(C)C. The van der Waals surface area contributed by atoms with Crippen molar-refractivity contribution in [3.63, 3.8) is 0 Å². The molecule has 13 heteroatoms. The maximum atomic E-state index is 13.8. The molecule has 0 saturated carbocycles. The lowest BCUT2D eigenvalue weighted by molar-refractivity contribution is -0.137. The lowest BCUT2D eigenvalue weighted by Crippen LogP contribution is -2.55. The van der Waals surface area contributed by atoms with E-state index in [0.29, 0.717) is 6.42 Å². The molecule has 1 aromatic heterocycles. The van der Waals surface area contributed by atoms with Crippen LogP contribution in [0.25, 0.3) is 28.0 Å². The van der Waals surface area contributed by atoms with Gasteiger partial charge in [-0.15, -0.1) is 0 Å². The van der Waals surface area contributed by atoms with E-state index >= 15 is 0 Å². The number of methoxy groups -OCH3 is 2. The third-order valence-corrected chi connectivity index (χ3v) is 11.5. The van der Waals surface area contributed by atoms with E-state index in [2.05, 4.69) is 71.1 Å². The lowest BCUT2D eigenvalue weighted by atomic mass is 9.95. The van der Waals surface area contributed by atoms with Crippen LogP contribution in [0.3, 0.4) is 0 Å². The highest BCUT2D eigenvalue weighted by atomic mass is 16.5. The van der Waals surface area contributed by atoms with Crippen molar-refractivity contribution in [3.8, 4) is 22.4 Å². The predicted octanol–water partition coefficient (Wildman–Crippen LogP) is 7.12. The maximum Gasteiger partial charge on any atom is 0.407 e. The zero-order chi connectivity index (χ0) is 40.3. The summed E-state index contributed by atoms with van der Waals surface area (Å²) in [5.74, 6) is 0.272. The summed E-state index contributed by atoms with van der Waals surface area (Å²) in [5, 5.41) is 5.45. The number of carbonyl (C=O) groups excluding carboxylic acids is 4. The normalized spacial score (nSPS) is 21.8. The summed E-state index contributed by atoms with van der Waals surface area (Å²) in [6, 6.07) is 15.1. The van der Waals surface area contributed by atoms with Gasteiger partial charge in [-0.2, -0.15) is 0 Å². The first kappa shape index (κ1) is 40.2. The number of benzene rings is 2. The molecule has 56 heavy (non-hydrogen) atoms. The third-order valence-electron chi connectivity index (χ3n) is 11.5. The molecule has 4 amide bonds. The fourth-order valence-electron chi connectivity index (χ4n) is 8.23. The Labute approximate surface area is 329 Å². The average molecular weight is 766 g/mol. The van der Waals surface area contributed by atoms with E-state index in [4.69, 9.17) is 19.5 Å². The Morgan fingerprint density at radius 2 is 1.16 bits per heavy atom. The molecule has 0 bridgehead atoms. The largest absolute Gasteiger partial charge is 0.453 e. The van der Waals surface area contributed by atoms with Gasteiger partial charge >= 0.3 is 12.2 Å². The average Bonchev–Trinajstić information content (AvgIpc) is 4.02. The van der Waals surface area contributed by atoms with E-state index in [0.717, 1.165) is 70.7 Å². The van der Waals surface area contributed by atoms with E-state index in [9.17, 15) is 19.2 Å². The Bertz CT molecular complexity index is 1970. The highest BCUT2D eigenvalue weighted by Gasteiger charge is 2.43. The summed E-state index contributed by atoms with van der Waals surface area (Å²) in [5.41, 5.74) is 7.16. The summed E-state index contributed by atoms with van der Waals surface area (Å²) in [6.45, 7) is 11.7. The minimum Gasteiger partial charge on any atom is -0.453 e. The van der Waals surface area contributed by atoms with Crippen LogP contribution < -0.4 is 10.6 Å². The molecule has 3 aromatic rings. The molecule has 2 fully saturated rings. The summed E-state index contributed by atoms with van der Waals surface area (Å²) in [7, 11) is 2.59. The smallest absolute Gasteiger partial charge is 0.407 e. The molecule has 3 aliphatic heterocycles. The van der Waals surface area contributed by atoms with Gasteiger partial charge in [-0.1, -0.05) is 76.2 Å². The van der Waals surface area contributed by atoms with Gasteiger partial charge in [0.25, 0.3) is 0 Å². The minimum atomic E-state index is -0.701. The second-order valence-electron chi connectivity index (χ2n) is 15.9. The highest BCUT2D eigenvalue weighted by molar-refractivity contribution is 6.04. The zero-order valence-electron chi connectivity index (χ0n) is 33.7. The van der Waals surface area contributed by atoms with Gasteiger partial charge in [-0.25, -0.2) is 14.6 Å². The number of aromatic amines is 1. The molecule has 0 spiro atoms. The molecule has 0 radical (unpaired) electrons. The van der Waals surface area contributed by atoms with E-state index in [-0.39, 0.29) is 47.8 Å². The third kappa shape index (κ3) is 8.36. The van der Waals surface area contributed by atoms with Crippen LogP contribution in [0.2, 0.25) is 0 Å². The van der Waals surface area contributed by atoms with Crippen molar-refractivity contribution in [2.75, 3.05) is 14.2 Å². The van der Waals surface area contributed by atoms with Crippen LogP contribution in [-0.4, -0.2) is 93.9 Å². The molecule has 13 nitrogen and oxygen atoms in total. The van der Waals surface area contributed by atoms with Crippen molar-refractivity contribution in [3.05, 3.63) is 72.3 Å². The van der Waals surface area contributed by atoms with Crippen LogP contribution >= 0.6 is 0 Å². The molecule has 0 aliphatic carbocycles. The minimum absolute atomic E-state index is 0.00458. The van der Waals surface area contributed by atoms with Crippen molar-refractivity contribution in [2.45, 2.75) is 110 Å². The second-order valence-corrected chi connectivity index (χ2v) is 15.9. The van der Waals surface area contributed by atoms with E-state index < -0.39 is 24.3 Å². The van der Waals surface area contributed by atoms with Gasteiger partial charge < -0.3 is 34.9 Å². The van der Waals surface area contributed by atoms with Gasteiger partial charge in [-0.05, 0) is 79.2 Å². The summed E-state index contributed by atoms with van der Waals surface area (Å²) < 4.78 is 9.57. The predicted molar refractivity (Wildman–Crippen MR) is 215 cm³/mol. The van der Waals surface area contributed by atoms with Gasteiger partial charge in [0.1, 0.15) is 17.9 Å². The second kappa shape index (κ2) is 17.1. The number of H-pyrrole nitrogens is 1. The number of likely N-dealkylation sites (tertiary alicyclic amines) is 2. The molecule has 298 valence electrons. The number of carbonyl (C=O) groups is 4. The first-order chi connectivity index (χ1) is 26.8. The molecule has 4 heterocycles. The van der Waals surface area contributed by atoms with Gasteiger partial charge in [-0.3, -0.25) is 14.6 Å². The Morgan fingerprint density at radius 3 is 1.66 bits per heavy atom. The molecular weight excluding hydrogens is 711 g/mol. The topological polar surface area (TPSA) is 158 Å². The molecule has 3 aliphatic rings. The number of hydrogen-bond acceptors (Lipinski definition) is 8. The number of ether oxygens (including phenoxy) is 2. The number of imidazole rings is 1. The molecule has 3 N–H and O–H groups in total. The number of amides is 4. The number of hydrogen-bond donors (Lipinski definition) is 3. The van der Waals surface area contributed by atoms with E-state index in [1.807, 2.05) is 56.8 Å². The Kier molecular flexibility index (Phi) is 12.3. The fourth-order valence-corrected chi connectivity index (χ4v) is 8.23. The van der Waals surface area contributed by atoms with Crippen molar-refractivity contribution in [2.24, 2.45) is 16.8 Å². The van der Waals surface area contributed by atoms with Crippen LogP contribution in [0.4, 0.5) is 9.59 Å². The highest BCUT2D eigenvalue weighted by Crippen LogP contribution is 2.37. The quantitative estimate of drug-likeness (QED) is 0.188. The number of nitrogens with one attached hydrogen (secondary N) is 3. The molecular formula is C43H55N7O6. The number of nitrogens with zero attached hydrogens (tertiary/aromatic N) is 4. The van der Waals surface area contributed by atoms with Gasteiger partial charge in [0.15, 0.2) is 0 Å². The Hall–Kier alpha value is -5.46. The number of alkyl carbamates (subject to hydrolysis) is 2. The Balaban J connectivity index is 1.09. The first-order valence-corrected chi connectivity index (χ1v) is 19.7.